The SMILES string of the molecule is CC(C)(CNC(=O)c1cccc(F)c1N)c1ccccc1. The Kier molecular flexibility index (Phi) is 4.26. The van der Waals surface area contributed by atoms with Crippen molar-refractivity contribution in [3.8, 4) is 0 Å². The molecule has 0 fully saturated rings. The van der Waals surface area contributed by atoms with E-state index in [0.29, 0.717) is 6.54 Å². The van der Waals surface area contributed by atoms with Gasteiger partial charge in [-0.2, -0.15) is 0 Å². The van der Waals surface area contributed by atoms with Gasteiger partial charge in [0.2, 0.25) is 0 Å². The lowest BCUT2D eigenvalue weighted by atomic mass is 9.84. The third-order valence-electron chi connectivity index (χ3n) is 3.54. The van der Waals surface area contributed by atoms with Gasteiger partial charge in [-0.3, -0.25) is 4.79 Å². The van der Waals surface area contributed by atoms with Gasteiger partial charge in [-0.05, 0) is 17.7 Å². The van der Waals surface area contributed by atoms with E-state index in [-0.39, 0.29) is 22.6 Å². The second kappa shape index (κ2) is 5.95. The topological polar surface area (TPSA) is 55.1 Å². The molecule has 0 aliphatic heterocycles. The molecule has 1 amide bonds. The van der Waals surface area contributed by atoms with E-state index in [0.717, 1.165) is 5.56 Å². The minimum atomic E-state index is -0.579. The van der Waals surface area contributed by atoms with E-state index in [1.165, 1.54) is 18.2 Å². The maximum atomic E-state index is 13.4. The minimum Gasteiger partial charge on any atom is -0.396 e. The highest BCUT2D eigenvalue weighted by molar-refractivity contribution is 5.99. The summed E-state index contributed by atoms with van der Waals surface area (Å²) < 4.78 is 13.4. The number of benzene rings is 2. The number of nitrogen functional groups attached to an aromatic ring is 1. The first-order valence-corrected chi connectivity index (χ1v) is 6.79. The van der Waals surface area contributed by atoms with Crippen molar-refractivity contribution in [3.63, 3.8) is 0 Å². The quantitative estimate of drug-likeness (QED) is 0.848. The molecular weight excluding hydrogens is 267 g/mol. The summed E-state index contributed by atoms with van der Waals surface area (Å²) in [5.41, 5.74) is 6.55. The molecule has 0 aliphatic carbocycles. The van der Waals surface area contributed by atoms with Gasteiger partial charge in [-0.15, -0.1) is 0 Å². The number of hydrogen-bond acceptors (Lipinski definition) is 2. The fourth-order valence-electron chi connectivity index (χ4n) is 2.12. The summed E-state index contributed by atoms with van der Waals surface area (Å²) in [7, 11) is 0. The van der Waals surface area contributed by atoms with Gasteiger partial charge in [0.05, 0.1) is 11.3 Å². The van der Waals surface area contributed by atoms with Crippen LogP contribution in [0, 0.1) is 5.82 Å². The number of anilines is 1. The summed E-state index contributed by atoms with van der Waals surface area (Å²) in [6.07, 6.45) is 0. The Hall–Kier alpha value is -2.36. The Morgan fingerprint density at radius 1 is 1.14 bits per heavy atom. The monoisotopic (exact) mass is 286 g/mol. The van der Waals surface area contributed by atoms with Crippen molar-refractivity contribution in [2.75, 3.05) is 12.3 Å². The standard InChI is InChI=1S/C17H19FN2O/c1-17(2,12-7-4-3-5-8-12)11-20-16(21)13-9-6-10-14(18)15(13)19/h3-10H,11,19H2,1-2H3,(H,20,21). The van der Waals surface area contributed by atoms with Gasteiger partial charge in [-0.25, -0.2) is 4.39 Å². The van der Waals surface area contributed by atoms with Crippen LogP contribution in [0.5, 0.6) is 0 Å². The van der Waals surface area contributed by atoms with E-state index < -0.39 is 5.82 Å². The second-order valence-electron chi connectivity index (χ2n) is 5.63. The molecule has 2 rings (SSSR count). The van der Waals surface area contributed by atoms with Crippen molar-refractivity contribution >= 4 is 11.6 Å². The predicted molar refractivity (Wildman–Crippen MR) is 82.6 cm³/mol. The summed E-state index contributed by atoms with van der Waals surface area (Å²) in [5, 5.41) is 2.82. The first-order valence-electron chi connectivity index (χ1n) is 6.79. The summed E-state index contributed by atoms with van der Waals surface area (Å²) in [6.45, 7) is 4.51. The highest BCUT2D eigenvalue weighted by atomic mass is 19.1. The molecule has 0 aromatic heterocycles. The summed E-state index contributed by atoms with van der Waals surface area (Å²) in [6, 6.07) is 14.1. The zero-order chi connectivity index (χ0) is 15.5. The molecule has 0 heterocycles. The maximum absolute atomic E-state index is 13.4. The fraction of sp³-hybridized carbons (Fsp3) is 0.235. The Morgan fingerprint density at radius 2 is 1.81 bits per heavy atom. The number of amides is 1. The molecule has 0 spiro atoms. The van der Waals surface area contributed by atoms with Crippen LogP contribution in [0.15, 0.2) is 48.5 Å². The van der Waals surface area contributed by atoms with Crippen LogP contribution in [-0.2, 0) is 5.41 Å². The van der Waals surface area contributed by atoms with Gasteiger partial charge in [-0.1, -0.05) is 50.2 Å². The number of carbonyl (C=O) groups excluding carboxylic acids is 1. The average Bonchev–Trinajstić information content (AvgIpc) is 2.49. The molecule has 0 saturated heterocycles. The number of halogens is 1. The molecule has 0 unspecified atom stereocenters. The smallest absolute Gasteiger partial charge is 0.253 e. The van der Waals surface area contributed by atoms with Crippen LogP contribution < -0.4 is 11.1 Å². The van der Waals surface area contributed by atoms with Gasteiger partial charge in [0.1, 0.15) is 5.82 Å². The molecule has 21 heavy (non-hydrogen) atoms. The molecule has 0 bridgehead atoms. The Labute approximate surface area is 124 Å². The lowest BCUT2D eigenvalue weighted by molar-refractivity contribution is 0.0946. The molecule has 2 aromatic rings. The van der Waals surface area contributed by atoms with Crippen LogP contribution in [0.3, 0.4) is 0 Å². The Morgan fingerprint density at radius 3 is 2.48 bits per heavy atom. The van der Waals surface area contributed by atoms with Crippen molar-refractivity contribution in [1.29, 1.82) is 0 Å². The van der Waals surface area contributed by atoms with E-state index in [9.17, 15) is 9.18 Å². The van der Waals surface area contributed by atoms with Gasteiger partial charge in [0.15, 0.2) is 0 Å². The molecule has 110 valence electrons. The Balaban J connectivity index is 2.09. The Bertz CT molecular complexity index is 638. The van der Waals surface area contributed by atoms with E-state index in [1.54, 1.807) is 0 Å². The van der Waals surface area contributed by atoms with Crippen LogP contribution in [0.1, 0.15) is 29.8 Å². The molecule has 0 atom stereocenters. The fourth-order valence-corrected chi connectivity index (χ4v) is 2.12. The predicted octanol–water partition coefficient (Wildman–Crippen LogP) is 3.12. The van der Waals surface area contributed by atoms with Crippen molar-refractivity contribution in [1.82, 2.24) is 5.32 Å². The van der Waals surface area contributed by atoms with Crippen LogP contribution in [0.2, 0.25) is 0 Å². The third kappa shape index (κ3) is 3.40. The molecule has 3 nitrogen and oxygen atoms in total. The number of rotatable bonds is 4. The first-order chi connectivity index (χ1) is 9.92. The molecule has 0 saturated carbocycles. The average molecular weight is 286 g/mol. The van der Waals surface area contributed by atoms with Crippen molar-refractivity contribution in [2.24, 2.45) is 0 Å². The summed E-state index contributed by atoms with van der Waals surface area (Å²) >= 11 is 0. The molecular formula is C17H19FN2O. The number of nitrogens with one attached hydrogen (secondary N) is 1. The molecule has 3 N–H and O–H groups in total. The number of hydrogen-bond donors (Lipinski definition) is 2. The van der Waals surface area contributed by atoms with Gasteiger partial charge in [0, 0.05) is 12.0 Å². The zero-order valence-corrected chi connectivity index (χ0v) is 12.2. The summed E-state index contributed by atoms with van der Waals surface area (Å²) in [4.78, 5) is 12.1. The van der Waals surface area contributed by atoms with Crippen molar-refractivity contribution < 1.29 is 9.18 Å². The zero-order valence-electron chi connectivity index (χ0n) is 12.2. The van der Waals surface area contributed by atoms with E-state index >= 15 is 0 Å². The van der Waals surface area contributed by atoms with Gasteiger partial charge in [0.25, 0.3) is 5.91 Å². The number of para-hydroxylation sites is 1. The van der Waals surface area contributed by atoms with E-state index in [2.05, 4.69) is 5.32 Å². The lowest BCUT2D eigenvalue weighted by Crippen LogP contribution is -2.37. The van der Waals surface area contributed by atoms with E-state index in [1.807, 2.05) is 44.2 Å². The normalized spacial score (nSPS) is 11.2. The van der Waals surface area contributed by atoms with Crippen molar-refractivity contribution in [3.05, 3.63) is 65.5 Å². The maximum Gasteiger partial charge on any atom is 0.253 e. The van der Waals surface area contributed by atoms with Crippen molar-refractivity contribution in [2.45, 2.75) is 19.3 Å². The van der Waals surface area contributed by atoms with Gasteiger partial charge >= 0.3 is 0 Å². The van der Waals surface area contributed by atoms with Crippen LogP contribution in [0.25, 0.3) is 0 Å². The van der Waals surface area contributed by atoms with Crippen LogP contribution in [-0.4, -0.2) is 12.5 Å². The minimum absolute atomic E-state index is 0.118. The van der Waals surface area contributed by atoms with E-state index in [4.69, 9.17) is 5.73 Å². The highest BCUT2D eigenvalue weighted by Gasteiger charge is 2.22. The molecule has 0 aliphatic rings. The van der Waals surface area contributed by atoms with Crippen LogP contribution in [0.4, 0.5) is 10.1 Å². The molecule has 4 heteroatoms. The summed E-state index contributed by atoms with van der Waals surface area (Å²) in [5.74, 6) is -0.944. The lowest BCUT2D eigenvalue weighted by Gasteiger charge is -2.25. The van der Waals surface area contributed by atoms with Gasteiger partial charge < -0.3 is 11.1 Å². The highest BCUT2D eigenvalue weighted by Crippen LogP contribution is 2.22. The molecule has 2 aromatic carbocycles. The first kappa shape index (κ1) is 15.0. The largest absolute Gasteiger partial charge is 0.396 e. The number of carbonyl (C=O) groups is 1. The van der Waals surface area contributed by atoms with Crippen LogP contribution >= 0.6 is 0 Å². The third-order valence-corrected chi connectivity index (χ3v) is 3.54. The number of nitrogens with two attached hydrogens (primary N) is 1. The second-order valence-corrected chi connectivity index (χ2v) is 5.63. The molecule has 0 radical (unpaired) electrons.